The lowest BCUT2D eigenvalue weighted by Crippen LogP contribution is -2.31. The van der Waals surface area contributed by atoms with E-state index < -0.39 is 10.0 Å². The van der Waals surface area contributed by atoms with Gasteiger partial charge in [0, 0.05) is 25.1 Å². The molecule has 1 heterocycles. The van der Waals surface area contributed by atoms with Crippen LogP contribution in [-0.4, -0.2) is 44.7 Å². The first-order chi connectivity index (χ1) is 9.99. The fraction of sp³-hybridized carbons (Fsp3) is 0.429. The van der Waals surface area contributed by atoms with Crippen LogP contribution in [-0.2, 0) is 14.8 Å². The Kier molecular flexibility index (Phi) is 4.62. The fourth-order valence-electron chi connectivity index (χ4n) is 2.25. The number of nitrogens with zero attached hydrogens (tertiary/aromatic N) is 2. The van der Waals surface area contributed by atoms with E-state index in [9.17, 15) is 13.2 Å². The van der Waals surface area contributed by atoms with E-state index >= 15 is 0 Å². The van der Waals surface area contributed by atoms with Gasteiger partial charge in [0.05, 0.1) is 11.4 Å². The molecule has 1 amide bonds. The molecule has 0 radical (unpaired) electrons. The summed E-state index contributed by atoms with van der Waals surface area (Å²) in [5.41, 5.74) is 0.563. The molecule has 0 bridgehead atoms. The number of benzene rings is 1. The second-order valence-electron chi connectivity index (χ2n) is 4.65. The molecule has 21 heavy (non-hydrogen) atoms. The van der Waals surface area contributed by atoms with Gasteiger partial charge in [-0.05, 0) is 26.0 Å². The molecule has 114 valence electrons. The number of carbonyl (C=O) groups is 1. The van der Waals surface area contributed by atoms with E-state index in [0.29, 0.717) is 24.5 Å². The lowest BCUT2D eigenvalue weighted by Gasteiger charge is -2.17. The summed E-state index contributed by atoms with van der Waals surface area (Å²) in [5.74, 6) is 0.344. The molecule has 1 aliphatic rings. The Hall–Kier alpha value is -1.89. The molecular weight excluding hydrogens is 290 g/mol. The van der Waals surface area contributed by atoms with E-state index in [1.165, 1.54) is 0 Å². The molecule has 0 saturated carbocycles. The summed E-state index contributed by atoms with van der Waals surface area (Å²) < 4.78 is 26.2. The zero-order chi connectivity index (χ0) is 15.5. The molecule has 0 atom stereocenters. The number of fused-ring (bicyclic) bond motifs is 1. The monoisotopic (exact) mass is 309 g/mol. The Bertz CT molecular complexity index is 664. The number of sulfonamides is 1. The van der Waals surface area contributed by atoms with Crippen molar-refractivity contribution in [3.05, 3.63) is 29.8 Å². The number of aliphatic imine (C=N–C) groups is 1. The highest BCUT2D eigenvalue weighted by Gasteiger charge is 2.29. The van der Waals surface area contributed by atoms with Gasteiger partial charge >= 0.3 is 0 Å². The zero-order valence-corrected chi connectivity index (χ0v) is 13.0. The second-order valence-corrected chi connectivity index (χ2v) is 6.30. The molecule has 0 fully saturated rings. The predicted molar refractivity (Wildman–Crippen MR) is 80.7 cm³/mol. The molecule has 1 aromatic carbocycles. The number of carbonyl (C=O) groups excluding carboxylic acids is 1. The number of hydrogen-bond acceptors (Lipinski definition) is 4. The van der Waals surface area contributed by atoms with Gasteiger partial charge in [-0.15, -0.1) is 0 Å². The average molecular weight is 309 g/mol. The summed E-state index contributed by atoms with van der Waals surface area (Å²) in [6.07, 6.45) is 0.273. The van der Waals surface area contributed by atoms with E-state index in [1.54, 1.807) is 29.2 Å². The first kappa shape index (κ1) is 15.5. The van der Waals surface area contributed by atoms with Crippen molar-refractivity contribution in [3.63, 3.8) is 0 Å². The maximum absolute atomic E-state index is 11.9. The number of nitrogens with one attached hydrogen (secondary N) is 1. The predicted octanol–water partition coefficient (Wildman–Crippen LogP) is 0.984. The molecule has 0 aliphatic carbocycles. The summed E-state index contributed by atoms with van der Waals surface area (Å²) >= 11 is 0. The Balaban J connectivity index is 2.09. The number of amides is 1. The van der Waals surface area contributed by atoms with Crippen molar-refractivity contribution in [2.75, 3.05) is 19.6 Å². The minimum Gasteiger partial charge on any atom is -0.343 e. The molecule has 0 saturated heterocycles. The standard InChI is InChI=1S/C14H19N3O3S/c1-3-17(4-2)13(18)9-10-15-14-11-7-5-6-8-12(11)21(19,20)16-14/h5-8H,3-4,9-10H2,1-2H3,(H,15,16). The van der Waals surface area contributed by atoms with Crippen molar-refractivity contribution < 1.29 is 13.2 Å². The summed E-state index contributed by atoms with van der Waals surface area (Å²) in [5, 5.41) is 0. The van der Waals surface area contributed by atoms with E-state index in [2.05, 4.69) is 9.71 Å². The van der Waals surface area contributed by atoms with Gasteiger partial charge in [-0.25, -0.2) is 8.42 Å². The number of amidine groups is 1. The first-order valence-electron chi connectivity index (χ1n) is 6.94. The third-order valence-corrected chi connectivity index (χ3v) is 4.77. The SMILES string of the molecule is CCN(CC)C(=O)CCN=C1NS(=O)(=O)c2ccccc21. The molecule has 6 nitrogen and oxygen atoms in total. The van der Waals surface area contributed by atoms with Gasteiger partial charge < -0.3 is 4.90 Å². The van der Waals surface area contributed by atoms with Crippen LogP contribution >= 0.6 is 0 Å². The topological polar surface area (TPSA) is 78.8 Å². The molecule has 0 unspecified atom stereocenters. The largest absolute Gasteiger partial charge is 0.343 e. The van der Waals surface area contributed by atoms with Crippen LogP contribution in [0.1, 0.15) is 25.8 Å². The third kappa shape index (κ3) is 3.24. The Morgan fingerprint density at radius 3 is 2.57 bits per heavy atom. The molecule has 2 rings (SSSR count). The van der Waals surface area contributed by atoms with Crippen molar-refractivity contribution >= 4 is 21.8 Å². The lowest BCUT2D eigenvalue weighted by molar-refractivity contribution is -0.130. The molecule has 1 aliphatic heterocycles. The van der Waals surface area contributed by atoms with Crippen LogP contribution < -0.4 is 4.72 Å². The quantitative estimate of drug-likeness (QED) is 0.880. The van der Waals surface area contributed by atoms with Crippen molar-refractivity contribution in [3.8, 4) is 0 Å². The van der Waals surface area contributed by atoms with Crippen LogP contribution in [0.2, 0.25) is 0 Å². The van der Waals surface area contributed by atoms with Crippen molar-refractivity contribution in [2.45, 2.75) is 25.2 Å². The van der Waals surface area contributed by atoms with Crippen LogP contribution in [0.5, 0.6) is 0 Å². The smallest absolute Gasteiger partial charge is 0.263 e. The van der Waals surface area contributed by atoms with E-state index in [1.807, 2.05) is 13.8 Å². The highest BCUT2D eigenvalue weighted by Crippen LogP contribution is 2.22. The van der Waals surface area contributed by atoms with Gasteiger partial charge in [0.15, 0.2) is 0 Å². The molecule has 0 aromatic heterocycles. The molecule has 1 aromatic rings. The maximum atomic E-state index is 11.9. The summed E-state index contributed by atoms with van der Waals surface area (Å²) in [4.78, 5) is 18.1. The molecule has 0 spiro atoms. The van der Waals surface area contributed by atoms with Crippen LogP contribution in [0.15, 0.2) is 34.2 Å². The fourth-order valence-corrected chi connectivity index (χ4v) is 3.50. The van der Waals surface area contributed by atoms with Gasteiger partial charge in [-0.3, -0.25) is 14.5 Å². The second kappa shape index (κ2) is 6.26. The van der Waals surface area contributed by atoms with Crippen molar-refractivity contribution in [2.24, 2.45) is 4.99 Å². The molecule has 1 N–H and O–H groups in total. The van der Waals surface area contributed by atoms with Crippen molar-refractivity contribution in [1.29, 1.82) is 0 Å². The number of rotatable bonds is 5. The Labute approximate surface area is 124 Å². The third-order valence-electron chi connectivity index (χ3n) is 3.37. The highest BCUT2D eigenvalue weighted by molar-refractivity contribution is 7.90. The van der Waals surface area contributed by atoms with Crippen LogP contribution in [0.3, 0.4) is 0 Å². The average Bonchev–Trinajstić information content (AvgIpc) is 2.72. The maximum Gasteiger partial charge on any atom is 0.263 e. The van der Waals surface area contributed by atoms with E-state index in [-0.39, 0.29) is 23.8 Å². The van der Waals surface area contributed by atoms with E-state index in [0.717, 1.165) is 0 Å². The van der Waals surface area contributed by atoms with E-state index in [4.69, 9.17) is 0 Å². The summed E-state index contributed by atoms with van der Waals surface area (Å²) in [6, 6.07) is 6.68. The normalized spacial score (nSPS) is 17.3. The van der Waals surface area contributed by atoms with Crippen LogP contribution in [0.25, 0.3) is 0 Å². The van der Waals surface area contributed by atoms with Crippen molar-refractivity contribution in [1.82, 2.24) is 9.62 Å². The van der Waals surface area contributed by atoms with Crippen LogP contribution in [0.4, 0.5) is 0 Å². The minimum absolute atomic E-state index is 0.0264. The highest BCUT2D eigenvalue weighted by atomic mass is 32.2. The summed E-state index contributed by atoms with van der Waals surface area (Å²) in [6.45, 7) is 5.45. The van der Waals surface area contributed by atoms with Gasteiger partial charge in [-0.2, -0.15) is 0 Å². The Morgan fingerprint density at radius 2 is 1.90 bits per heavy atom. The van der Waals surface area contributed by atoms with Gasteiger partial charge in [0.2, 0.25) is 5.91 Å². The molecular formula is C14H19N3O3S. The first-order valence-corrected chi connectivity index (χ1v) is 8.42. The number of hydrogen-bond donors (Lipinski definition) is 1. The minimum atomic E-state index is -3.51. The zero-order valence-electron chi connectivity index (χ0n) is 12.2. The van der Waals surface area contributed by atoms with Gasteiger partial charge in [0.1, 0.15) is 5.84 Å². The summed E-state index contributed by atoms with van der Waals surface area (Å²) in [7, 11) is -3.51. The lowest BCUT2D eigenvalue weighted by atomic mass is 10.2. The van der Waals surface area contributed by atoms with Gasteiger partial charge in [0.25, 0.3) is 10.0 Å². The Morgan fingerprint density at radius 1 is 1.24 bits per heavy atom. The van der Waals surface area contributed by atoms with Crippen LogP contribution in [0, 0.1) is 0 Å². The van der Waals surface area contributed by atoms with Gasteiger partial charge in [-0.1, -0.05) is 12.1 Å². The molecule has 7 heteroatoms.